The summed E-state index contributed by atoms with van der Waals surface area (Å²) >= 11 is 0. The molecule has 107 valence electrons. The van der Waals surface area contributed by atoms with E-state index in [1.54, 1.807) is 0 Å². The molecular weight excluding hydrogens is 228 g/mol. The molecule has 0 bridgehead atoms. The van der Waals surface area contributed by atoms with Crippen molar-refractivity contribution in [1.29, 1.82) is 0 Å². The first-order chi connectivity index (χ1) is 8.76. The van der Waals surface area contributed by atoms with Crippen LogP contribution in [0, 0.1) is 6.92 Å². The highest BCUT2D eigenvalue weighted by molar-refractivity contribution is 5.38. The Morgan fingerprint density at radius 3 is 1.58 bits per heavy atom. The lowest BCUT2D eigenvalue weighted by molar-refractivity contribution is 0.487. The minimum atomic E-state index is 0.260. The first kappa shape index (κ1) is 16.3. The summed E-state index contributed by atoms with van der Waals surface area (Å²) in [5.41, 5.74) is 4.94. The summed E-state index contributed by atoms with van der Waals surface area (Å²) in [6, 6.07) is 7.22. The fourth-order valence-corrected chi connectivity index (χ4v) is 2.23. The van der Waals surface area contributed by atoms with Gasteiger partial charge in [0.15, 0.2) is 0 Å². The van der Waals surface area contributed by atoms with Gasteiger partial charge in [-0.15, -0.1) is 0 Å². The second-order valence-corrected chi connectivity index (χ2v) is 7.00. The van der Waals surface area contributed by atoms with Crippen molar-refractivity contribution in [3.63, 3.8) is 0 Å². The molecule has 1 radical (unpaired) electrons. The Bertz CT molecular complexity index is 376. The second-order valence-electron chi connectivity index (χ2n) is 7.00. The summed E-state index contributed by atoms with van der Waals surface area (Å²) in [6.45, 7) is 17.9. The predicted molar refractivity (Wildman–Crippen MR) is 86.8 cm³/mol. The molecule has 0 atom stereocenters. The third kappa shape index (κ3) is 3.84. The summed E-state index contributed by atoms with van der Waals surface area (Å²) < 4.78 is 0. The molecule has 0 fully saturated rings. The SMILES string of the molecule is [CH2]CCc1cc(C(C)(C)CC)cc(C(C)(C)CC)c1. The topological polar surface area (TPSA) is 0 Å². The van der Waals surface area contributed by atoms with Crippen LogP contribution in [0.15, 0.2) is 18.2 Å². The van der Waals surface area contributed by atoms with Crippen LogP contribution in [-0.4, -0.2) is 0 Å². The average molecular weight is 259 g/mol. The molecule has 1 rings (SSSR count). The van der Waals surface area contributed by atoms with Crippen LogP contribution in [0.25, 0.3) is 0 Å². The van der Waals surface area contributed by atoms with Crippen molar-refractivity contribution in [2.24, 2.45) is 0 Å². The number of rotatable bonds is 6. The number of aryl methyl sites for hydroxylation is 1. The van der Waals surface area contributed by atoms with E-state index in [4.69, 9.17) is 0 Å². The van der Waals surface area contributed by atoms with E-state index in [-0.39, 0.29) is 10.8 Å². The summed E-state index contributed by atoms with van der Waals surface area (Å²) in [4.78, 5) is 0. The first-order valence-electron chi connectivity index (χ1n) is 7.71. The standard InChI is InChI=1S/C19H31/c1-8-11-15-12-16(18(4,5)9-2)14-17(13-15)19(6,7)10-3/h12-14H,1,8-11H2,2-7H3. The van der Waals surface area contributed by atoms with Crippen molar-refractivity contribution in [1.82, 2.24) is 0 Å². The van der Waals surface area contributed by atoms with E-state index in [2.05, 4.69) is 66.7 Å². The van der Waals surface area contributed by atoms with Crippen LogP contribution in [0.5, 0.6) is 0 Å². The minimum absolute atomic E-state index is 0.260. The molecule has 1 aromatic rings. The highest BCUT2D eigenvalue weighted by atomic mass is 14.3. The zero-order chi connectivity index (χ0) is 14.7. The quantitative estimate of drug-likeness (QED) is 0.603. The summed E-state index contributed by atoms with van der Waals surface area (Å²) in [5.74, 6) is 0. The normalized spacial score (nSPS) is 12.8. The number of hydrogen-bond donors (Lipinski definition) is 0. The Morgan fingerprint density at radius 2 is 1.26 bits per heavy atom. The van der Waals surface area contributed by atoms with Crippen LogP contribution >= 0.6 is 0 Å². The van der Waals surface area contributed by atoms with Gasteiger partial charge in [0.05, 0.1) is 0 Å². The molecule has 1 aromatic carbocycles. The Morgan fingerprint density at radius 1 is 0.842 bits per heavy atom. The van der Waals surface area contributed by atoms with E-state index < -0.39 is 0 Å². The maximum atomic E-state index is 4.00. The lowest BCUT2D eigenvalue weighted by atomic mass is 9.75. The molecule has 0 amide bonds. The van der Waals surface area contributed by atoms with Crippen LogP contribution in [0.4, 0.5) is 0 Å². The number of benzene rings is 1. The molecule has 0 aliphatic carbocycles. The maximum absolute atomic E-state index is 4.00. The van der Waals surface area contributed by atoms with Gasteiger partial charge in [-0.1, -0.05) is 66.7 Å². The van der Waals surface area contributed by atoms with Crippen molar-refractivity contribution in [3.8, 4) is 0 Å². The molecule has 0 spiro atoms. The lowest BCUT2D eigenvalue weighted by Gasteiger charge is -2.29. The third-order valence-electron chi connectivity index (χ3n) is 4.79. The molecule has 0 unspecified atom stereocenters. The molecular formula is C19H31. The van der Waals surface area contributed by atoms with Crippen LogP contribution in [0.3, 0.4) is 0 Å². The van der Waals surface area contributed by atoms with E-state index in [1.165, 1.54) is 29.5 Å². The van der Waals surface area contributed by atoms with Gasteiger partial charge in [0.1, 0.15) is 0 Å². The smallest absolute Gasteiger partial charge is 0.0106 e. The van der Waals surface area contributed by atoms with Crippen molar-refractivity contribution in [2.75, 3.05) is 0 Å². The molecule has 0 aliphatic heterocycles. The van der Waals surface area contributed by atoms with E-state index in [0.717, 1.165) is 12.8 Å². The zero-order valence-corrected chi connectivity index (χ0v) is 13.8. The van der Waals surface area contributed by atoms with E-state index in [0.29, 0.717) is 0 Å². The molecule has 0 aromatic heterocycles. The Labute approximate surface area is 120 Å². The average Bonchev–Trinajstić information content (AvgIpc) is 2.38. The van der Waals surface area contributed by atoms with Gasteiger partial charge in [-0.25, -0.2) is 0 Å². The Balaban J connectivity index is 3.34. The van der Waals surface area contributed by atoms with Crippen molar-refractivity contribution < 1.29 is 0 Å². The van der Waals surface area contributed by atoms with Gasteiger partial charge in [-0.2, -0.15) is 0 Å². The maximum Gasteiger partial charge on any atom is -0.0106 e. The molecule has 0 nitrogen and oxygen atoms in total. The van der Waals surface area contributed by atoms with Crippen LogP contribution in [-0.2, 0) is 17.3 Å². The minimum Gasteiger partial charge on any atom is -0.0646 e. The third-order valence-corrected chi connectivity index (χ3v) is 4.79. The molecule has 19 heavy (non-hydrogen) atoms. The van der Waals surface area contributed by atoms with Crippen LogP contribution in [0.2, 0.25) is 0 Å². The Hall–Kier alpha value is -0.780. The zero-order valence-electron chi connectivity index (χ0n) is 13.8. The predicted octanol–water partition coefficient (Wildman–Crippen LogP) is 5.83. The van der Waals surface area contributed by atoms with Gasteiger partial charge in [0.25, 0.3) is 0 Å². The van der Waals surface area contributed by atoms with E-state index in [1.807, 2.05) is 0 Å². The molecule has 0 N–H and O–H groups in total. The summed E-state index contributed by atoms with van der Waals surface area (Å²) in [5, 5.41) is 0. The highest BCUT2D eigenvalue weighted by Crippen LogP contribution is 2.34. The van der Waals surface area contributed by atoms with Crippen molar-refractivity contribution in [3.05, 3.63) is 41.8 Å². The van der Waals surface area contributed by atoms with Gasteiger partial charge >= 0.3 is 0 Å². The lowest BCUT2D eigenvalue weighted by Crippen LogP contribution is -2.20. The van der Waals surface area contributed by atoms with Gasteiger partial charge in [0, 0.05) is 0 Å². The first-order valence-corrected chi connectivity index (χ1v) is 7.71. The highest BCUT2D eigenvalue weighted by Gasteiger charge is 2.24. The van der Waals surface area contributed by atoms with E-state index in [9.17, 15) is 0 Å². The van der Waals surface area contributed by atoms with Crippen molar-refractivity contribution in [2.45, 2.75) is 78.1 Å². The van der Waals surface area contributed by atoms with Gasteiger partial charge in [0.2, 0.25) is 0 Å². The fraction of sp³-hybridized carbons (Fsp3) is 0.632. The van der Waals surface area contributed by atoms with Crippen molar-refractivity contribution >= 4 is 0 Å². The molecule has 0 aliphatic rings. The van der Waals surface area contributed by atoms with Gasteiger partial charge in [-0.3, -0.25) is 0 Å². The molecule has 0 saturated carbocycles. The largest absolute Gasteiger partial charge is 0.0646 e. The number of hydrogen-bond acceptors (Lipinski definition) is 0. The summed E-state index contributed by atoms with van der Waals surface area (Å²) in [7, 11) is 0. The molecule has 0 saturated heterocycles. The van der Waals surface area contributed by atoms with Gasteiger partial charge in [-0.05, 0) is 53.2 Å². The van der Waals surface area contributed by atoms with Crippen LogP contribution < -0.4 is 0 Å². The summed E-state index contributed by atoms with van der Waals surface area (Å²) in [6.07, 6.45) is 4.40. The molecule has 0 heterocycles. The monoisotopic (exact) mass is 259 g/mol. The second kappa shape index (κ2) is 6.11. The molecule has 0 heteroatoms. The van der Waals surface area contributed by atoms with Crippen LogP contribution in [0.1, 0.15) is 77.5 Å². The fourth-order valence-electron chi connectivity index (χ4n) is 2.23. The van der Waals surface area contributed by atoms with E-state index >= 15 is 0 Å². The van der Waals surface area contributed by atoms with Gasteiger partial charge < -0.3 is 0 Å². The Kier molecular flexibility index (Phi) is 5.24.